The van der Waals surface area contributed by atoms with Crippen molar-refractivity contribution >= 4 is 12.3 Å². The van der Waals surface area contributed by atoms with Gasteiger partial charge in [0.25, 0.3) is 0 Å². The van der Waals surface area contributed by atoms with Gasteiger partial charge in [0.15, 0.2) is 0 Å². The van der Waals surface area contributed by atoms with Crippen LogP contribution in [0, 0.1) is 5.41 Å². The lowest BCUT2D eigenvalue weighted by Crippen LogP contribution is -2.69. The first kappa shape index (κ1) is 9.32. The lowest BCUT2D eigenvalue weighted by atomic mass is 9.68. The highest BCUT2D eigenvalue weighted by molar-refractivity contribution is 6.74. The highest BCUT2D eigenvalue weighted by atomic mass is 16.8. The second kappa shape index (κ2) is 2.81. The molecule has 4 heterocycles. The van der Waals surface area contributed by atoms with Crippen molar-refractivity contribution in [2.75, 3.05) is 19.8 Å². The Balaban J connectivity index is 1.93. The normalized spacial score (nSPS) is 39.6. The third-order valence-electron chi connectivity index (χ3n) is 2.94. The molecule has 1 aromatic rings. The maximum Gasteiger partial charge on any atom is 0.431 e. The zero-order valence-corrected chi connectivity index (χ0v) is 8.84. The van der Waals surface area contributed by atoms with E-state index < -0.39 is 6.75 Å². The van der Waals surface area contributed by atoms with Crippen LogP contribution in [0.1, 0.15) is 6.92 Å². The van der Waals surface area contributed by atoms with Crippen LogP contribution < -0.4 is 5.59 Å². The predicted molar refractivity (Wildman–Crippen MR) is 52.4 cm³/mol. The third-order valence-corrected chi connectivity index (χ3v) is 2.94. The first-order valence-electron chi connectivity index (χ1n) is 5.04. The van der Waals surface area contributed by atoms with Crippen molar-refractivity contribution in [1.82, 2.24) is 15.0 Å². The second-order valence-corrected chi connectivity index (χ2v) is 4.70. The summed E-state index contributed by atoms with van der Waals surface area (Å²) < 4.78 is 18.6. The van der Waals surface area contributed by atoms with E-state index in [1.807, 2.05) is 0 Å². The monoisotopic (exact) mass is 210 g/mol. The molecule has 0 N–H and O–H groups in total. The van der Waals surface area contributed by atoms with Crippen LogP contribution in [0.3, 0.4) is 0 Å². The van der Waals surface area contributed by atoms with Crippen molar-refractivity contribution < 1.29 is 14.0 Å². The van der Waals surface area contributed by atoms with E-state index in [0.29, 0.717) is 25.4 Å². The summed E-state index contributed by atoms with van der Waals surface area (Å²) in [5.41, 5.74) is 0.630. The third kappa shape index (κ3) is 1.31. The standard InChI is InChI=1S/C8H13BN3O3/c1-8-4-13-9(14-5-8,15-6-8)7-3-12(2)11-10-7/h3H,4-6H2,1-2H3/q-1. The summed E-state index contributed by atoms with van der Waals surface area (Å²) in [7, 11) is 1.80. The molecule has 0 radical (unpaired) electrons. The first-order chi connectivity index (χ1) is 7.12. The molecule has 0 atom stereocenters. The van der Waals surface area contributed by atoms with Crippen molar-refractivity contribution in [1.29, 1.82) is 0 Å². The van der Waals surface area contributed by atoms with Gasteiger partial charge < -0.3 is 14.0 Å². The van der Waals surface area contributed by atoms with E-state index in [1.54, 1.807) is 17.9 Å². The van der Waals surface area contributed by atoms with Crippen LogP contribution in [0.4, 0.5) is 0 Å². The van der Waals surface area contributed by atoms with Crippen molar-refractivity contribution in [3.05, 3.63) is 6.20 Å². The van der Waals surface area contributed by atoms with Crippen LogP contribution in [0.5, 0.6) is 0 Å². The summed E-state index contributed by atoms with van der Waals surface area (Å²) >= 11 is 0. The molecular formula is C8H13BN3O3-. The second-order valence-electron chi connectivity index (χ2n) is 4.70. The smallest absolute Gasteiger partial charge is 0.431 e. The van der Waals surface area contributed by atoms with Gasteiger partial charge in [-0.1, -0.05) is 12.1 Å². The average Bonchev–Trinajstić information content (AvgIpc) is 2.67. The van der Waals surface area contributed by atoms with E-state index in [9.17, 15) is 0 Å². The van der Waals surface area contributed by atoms with Crippen LogP contribution >= 0.6 is 0 Å². The fourth-order valence-electron chi connectivity index (χ4n) is 1.99. The lowest BCUT2D eigenvalue weighted by molar-refractivity contribution is -0.119. The fraction of sp³-hybridized carbons (Fsp3) is 0.750. The Morgan fingerprint density at radius 3 is 2.40 bits per heavy atom. The molecule has 0 amide bonds. The van der Waals surface area contributed by atoms with Crippen LogP contribution in [-0.2, 0) is 21.0 Å². The molecule has 3 fully saturated rings. The maximum absolute atomic E-state index is 5.67. The van der Waals surface area contributed by atoms with Crippen molar-refractivity contribution in [3.63, 3.8) is 0 Å². The number of hydrogen-bond donors (Lipinski definition) is 0. The van der Waals surface area contributed by atoms with Gasteiger partial charge in [-0.15, -0.1) is 0 Å². The summed E-state index contributed by atoms with van der Waals surface area (Å²) in [6.07, 6.45) is 1.77. The Labute approximate surface area is 87.5 Å². The zero-order chi connectivity index (χ0) is 10.5. The minimum Gasteiger partial charge on any atom is -0.539 e. The lowest BCUT2D eigenvalue weighted by Gasteiger charge is -2.57. The minimum atomic E-state index is -1.82. The molecule has 0 spiro atoms. The van der Waals surface area contributed by atoms with Gasteiger partial charge in [0.2, 0.25) is 0 Å². The first-order valence-corrected chi connectivity index (χ1v) is 5.04. The van der Waals surface area contributed by atoms with Crippen LogP contribution in [0.25, 0.3) is 0 Å². The Kier molecular flexibility index (Phi) is 1.75. The average molecular weight is 210 g/mol. The minimum absolute atomic E-state index is 0.00823. The molecule has 1 aromatic heterocycles. The number of fused-ring (bicyclic) bond motifs is 3. The molecule has 0 aromatic carbocycles. The fourth-order valence-corrected chi connectivity index (χ4v) is 1.99. The molecule has 0 unspecified atom stereocenters. The largest absolute Gasteiger partial charge is 0.539 e. The number of nitrogens with zero attached hydrogens (tertiary/aromatic N) is 3. The molecule has 3 saturated heterocycles. The Morgan fingerprint density at radius 2 is 1.93 bits per heavy atom. The van der Waals surface area contributed by atoms with Gasteiger partial charge in [0.1, 0.15) is 0 Å². The van der Waals surface area contributed by atoms with Gasteiger partial charge >= 0.3 is 6.75 Å². The SMILES string of the molecule is Cn1cc([B-]23OCC(C)(CO2)CO3)nn1. The van der Waals surface area contributed by atoms with Gasteiger partial charge in [-0.25, -0.2) is 0 Å². The molecule has 6 nitrogen and oxygen atoms in total. The van der Waals surface area contributed by atoms with Gasteiger partial charge in [-0.3, -0.25) is 4.68 Å². The number of aromatic nitrogens is 3. The number of rotatable bonds is 1. The predicted octanol–water partition coefficient (Wildman–Crippen LogP) is -0.956. The number of hydrogen-bond acceptors (Lipinski definition) is 5. The summed E-state index contributed by atoms with van der Waals surface area (Å²) in [4.78, 5) is 0. The molecule has 7 heteroatoms. The van der Waals surface area contributed by atoms with Crippen LogP contribution in [0.15, 0.2) is 6.20 Å². The van der Waals surface area contributed by atoms with Gasteiger partial charge in [-0.2, -0.15) is 5.10 Å². The molecule has 15 heavy (non-hydrogen) atoms. The Hall–Kier alpha value is -0.915. The summed E-state index contributed by atoms with van der Waals surface area (Å²) in [5.74, 6) is 0. The molecule has 2 bridgehead atoms. The Bertz CT molecular complexity index is 370. The molecule has 3 aliphatic rings. The quantitative estimate of drug-likeness (QED) is 0.559. The molecule has 0 saturated carbocycles. The molecular weight excluding hydrogens is 197 g/mol. The molecule has 3 aliphatic heterocycles. The summed E-state index contributed by atoms with van der Waals surface area (Å²) in [5, 5.41) is 7.86. The summed E-state index contributed by atoms with van der Waals surface area (Å²) in [6.45, 7) is 2.23. The summed E-state index contributed by atoms with van der Waals surface area (Å²) in [6, 6.07) is 0. The Morgan fingerprint density at radius 1 is 1.33 bits per heavy atom. The zero-order valence-electron chi connectivity index (χ0n) is 8.84. The van der Waals surface area contributed by atoms with Crippen molar-refractivity contribution in [2.45, 2.75) is 6.92 Å². The van der Waals surface area contributed by atoms with E-state index >= 15 is 0 Å². The molecule has 82 valence electrons. The highest BCUT2D eigenvalue weighted by Crippen LogP contribution is 2.34. The van der Waals surface area contributed by atoms with E-state index in [1.165, 1.54) is 0 Å². The van der Waals surface area contributed by atoms with Crippen molar-refractivity contribution in [2.24, 2.45) is 12.5 Å². The van der Waals surface area contributed by atoms with Gasteiger partial charge in [0.05, 0.1) is 0 Å². The van der Waals surface area contributed by atoms with E-state index in [-0.39, 0.29) is 5.41 Å². The number of aryl methyl sites for hydroxylation is 1. The van der Waals surface area contributed by atoms with E-state index in [2.05, 4.69) is 17.2 Å². The van der Waals surface area contributed by atoms with E-state index in [4.69, 9.17) is 14.0 Å². The highest BCUT2D eigenvalue weighted by Gasteiger charge is 2.48. The molecule has 4 rings (SSSR count). The van der Waals surface area contributed by atoms with Crippen molar-refractivity contribution in [3.8, 4) is 0 Å². The van der Waals surface area contributed by atoms with E-state index in [0.717, 1.165) is 0 Å². The maximum atomic E-state index is 5.67. The topological polar surface area (TPSA) is 58.4 Å². The molecule has 0 aliphatic carbocycles. The van der Waals surface area contributed by atoms with Crippen LogP contribution in [0.2, 0.25) is 0 Å². The van der Waals surface area contributed by atoms with Gasteiger partial charge in [-0.05, 0) is 0 Å². The van der Waals surface area contributed by atoms with Gasteiger partial charge in [0, 0.05) is 44.1 Å². The van der Waals surface area contributed by atoms with Crippen LogP contribution in [-0.4, -0.2) is 41.6 Å².